The summed E-state index contributed by atoms with van der Waals surface area (Å²) in [5, 5.41) is 16.2. The van der Waals surface area contributed by atoms with Gasteiger partial charge in [0.25, 0.3) is 5.91 Å². The van der Waals surface area contributed by atoms with Crippen LogP contribution >= 0.6 is 0 Å². The SMILES string of the molecule is COc1ccc(-c2cc3c(NC(C)C(O)C(F)(F)F)c(C(N)=O)cnn3c2)cn1. The van der Waals surface area contributed by atoms with E-state index in [9.17, 15) is 23.1 Å². The second-order valence-electron chi connectivity index (χ2n) is 6.36. The Morgan fingerprint density at radius 3 is 2.59 bits per heavy atom. The molecule has 0 radical (unpaired) electrons. The zero-order valence-electron chi connectivity index (χ0n) is 15.4. The zero-order valence-corrected chi connectivity index (χ0v) is 15.4. The van der Waals surface area contributed by atoms with Gasteiger partial charge in [-0.3, -0.25) is 4.79 Å². The van der Waals surface area contributed by atoms with Crippen LogP contribution in [0.3, 0.4) is 0 Å². The van der Waals surface area contributed by atoms with Gasteiger partial charge in [-0.2, -0.15) is 18.3 Å². The molecule has 0 aromatic carbocycles. The summed E-state index contributed by atoms with van der Waals surface area (Å²) in [5.74, 6) is -0.450. The second-order valence-corrected chi connectivity index (χ2v) is 6.36. The van der Waals surface area contributed by atoms with Crippen LogP contribution in [0.5, 0.6) is 5.88 Å². The predicted octanol–water partition coefficient (Wildman–Crippen LogP) is 2.23. The Kier molecular flexibility index (Phi) is 5.33. The number of rotatable bonds is 6. The third-order valence-electron chi connectivity index (χ3n) is 4.36. The van der Waals surface area contributed by atoms with Gasteiger partial charge < -0.3 is 20.9 Å². The smallest absolute Gasteiger partial charge is 0.416 e. The number of alkyl halides is 3. The molecule has 3 heterocycles. The molecule has 3 aromatic heterocycles. The maximum absolute atomic E-state index is 12.8. The molecule has 29 heavy (non-hydrogen) atoms. The van der Waals surface area contributed by atoms with Gasteiger partial charge in [0.15, 0.2) is 6.10 Å². The maximum Gasteiger partial charge on any atom is 0.416 e. The molecule has 3 rings (SSSR count). The van der Waals surface area contributed by atoms with Gasteiger partial charge >= 0.3 is 6.18 Å². The number of aliphatic hydroxyl groups excluding tert-OH is 1. The van der Waals surface area contributed by atoms with E-state index in [1.54, 1.807) is 30.6 Å². The molecule has 0 saturated carbocycles. The molecule has 154 valence electrons. The normalized spacial score (nSPS) is 13.9. The maximum atomic E-state index is 12.8. The molecule has 4 N–H and O–H groups in total. The Morgan fingerprint density at radius 1 is 1.31 bits per heavy atom. The molecule has 3 aromatic rings. The average molecular weight is 409 g/mol. The van der Waals surface area contributed by atoms with Gasteiger partial charge in [-0.25, -0.2) is 9.50 Å². The van der Waals surface area contributed by atoms with E-state index in [2.05, 4.69) is 15.4 Å². The van der Waals surface area contributed by atoms with Crippen LogP contribution in [0.25, 0.3) is 16.6 Å². The summed E-state index contributed by atoms with van der Waals surface area (Å²) in [6.45, 7) is 1.15. The van der Waals surface area contributed by atoms with E-state index in [-0.39, 0.29) is 11.3 Å². The van der Waals surface area contributed by atoms with Crippen LogP contribution in [0.2, 0.25) is 0 Å². The van der Waals surface area contributed by atoms with Crippen molar-refractivity contribution in [2.45, 2.75) is 25.2 Å². The van der Waals surface area contributed by atoms with E-state index >= 15 is 0 Å². The Bertz CT molecular complexity index is 1030. The van der Waals surface area contributed by atoms with E-state index in [1.165, 1.54) is 11.6 Å². The summed E-state index contributed by atoms with van der Waals surface area (Å²) in [7, 11) is 1.48. The van der Waals surface area contributed by atoms with Gasteiger partial charge in [0, 0.05) is 29.6 Å². The lowest BCUT2D eigenvalue weighted by Crippen LogP contribution is -2.42. The first kappa shape index (κ1) is 20.4. The number of hydrogen-bond acceptors (Lipinski definition) is 6. The van der Waals surface area contributed by atoms with Crippen molar-refractivity contribution < 1.29 is 27.8 Å². The number of hydrogen-bond donors (Lipinski definition) is 3. The largest absolute Gasteiger partial charge is 0.481 e. The molecule has 2 atom stereocenters. The number of carbonyl (C=O) groups excluding carboxylic acids is 1. The highest BCUT2D eigenvalue weighted by molar-refractivity contribution is 6.02. The molecule has 0 bridgehead atoms. The van der Waals surface area contributed by atoms with Crippen molar-refractivity contribution in [3.8, 4) is 17.0 Å². The summed E-state index contributed by atoms with van der Waals surface area (Å²) < 4.78 is 44.9. The number of pyridine rings is 1. The molecule has 11 heteroatoms. The molecular weight excluding hydrogens is 391 g/mol. The Hall–Kier alpha value is -3.34. The summed E-state index contributed by atoms with van der Waals surface area (Å²) in [6, 6.07) is 3.58. The topological polar surface area (TPSA) is 115 Å². The summed E-state index contributed by atoms with van der Waals surface area (Å²) in [4.78, 5) is 15.9. The number of methoxy groups -OCH3 is 1. The van der Waals surface area contributed by atoms with E-state index in [0.717, 1.165) is 13.1 Å². The number of nitrogens with zero attached hydrogens (tertiary/aromatic N) is 3. The van der Waals surface area contributed by atoms with E-state index < -0.39 is 24.2 Å². The highest BCUT2D eigenvalue weighted by atomic mass is 19.4. The molecular formula is C18H18F3N5O3. The highest BCUT2D eigenvalue weighted by Crippen LogP contribution is 2.31. The van der Waals surface area contributed by atoms with Crippen molar-refractivity contribution in [3.63, 3.8) is 0 Å². The monoisotopic (exact) mass is 409 g/mol. The minimum atomic E-state index is -4.83. The van der Waals surface area contributed by atoms with E-state index in [1.807, 2.05) is 0 Å². The van der Waals surface area contributed by atoms with Gasteiger partial charge in [-0.15, -0.1) is 0 Å². The molecule has 2 unspecified atom stereocenters. The first-order valence-electron chi connectivity index (χ1n) is 8.44. The number of anilines is 1. The lowest BCUT2D eigenvalue weighted by atomic mass is 10.1. The molecule has 1 amide bonds. The van der Waals surface area contributed by atoms with Crippen LogP contribution in [0.1, 0.15) is 17.3 Å². The highest BCUT2D eigenvalue weighted by Gasteiger charge is 2.42. The molecule has 0 aliphatic rings. The summed E-state index contributed by atoms with van der Waals surface area (Å²) >= 11 is 0. The van der Waals surface area contributed by atoms with Crippen LogP contribution in [-0.2, 0) is 0 Å². The van der Waals surface area contributed by atoms with Gasteiger partial charge in [0.2, 0.25) is 5.88 Å². The number of ether oxygens (including phenoxy) is 1. The lowest BCUT2D eigenvalue weighted by molar-refractivity contribution is -0.206. The third kappa shape index (κ3) is 4.09. The number of nitrogens with two attached hydrogens (primary N) is 1. The van der Waals surface area contributed by atoms with Crippen molar-refractivity contribution in [3.05, 3.63) is 42.4 Å². The van der Waals surface area contributed by atoms with Crippen LogP contribution in [0.4, 0.5) is 18.9 Å². The van der Waals surface area contributed by atoms with Crippen molar-refractivity contribution in [1.82, 2.24) is 14.6 Å². The third-order valence-corrected chi connectivity index (χ3v) is 4.36. The van der Waals surface area contributed by atoms with Gasteiger partial charge in [-0.1, -0.05) is 0 Å². The minimum Gasteiger partial charge on any atom is -0.481 e. The number of carbonyl (C=O) groups is 1. The number of amides is 1. The van der Waals surface area contributed by atoms with Crippen LogP contribution in [-0.4, -0.2) is 51.0 Å². The van der Waals surface area contributed by atoms with Gasteiger partial charge in [0.1, 0.15) is 0 Å². The molecule has 0 fully saturated rings. The van der Waals surface area contributed by atoms with Gasteiger partial charge in [-0.05, 0) is 19.1 Å². The van der Waals surface area contributed by atoms with Gasteiger partial charge in [0.05, 0.1) is 36.1 Å². The Balaban J connectivity index is 2.07. The van der Waals surface area contributed by atoms with Crippen LogP contribution < -0.4 is 15.8 Å². The summed E-state index contributed by atoms with van der Waals surface area (Å²) in [6.07, 6.45) is -3.13. The Labute approximate surface area is 163 Å². The van der Waals surface area contributed by atoms with Crippen LogP contribution in [0.15, 0.2) is 36.8 Å². The van der Waals surface area contributed by atoms with Crippen molar-refractivity contribution in [2.75, 3.05) is 12.4 Å². The number of aromatic nitrogens is 3. The average Bonchev–Trinajstić information content (AvgIpc) is 3.11. The van der Waals surface area contributed by atoms with Crippen molar-refractivity contribution >= 4 is 17.1 Å². The van der Waals surface area contributed by atoms with E-state index in [0.29, 0.717) is 22.5 Å². The minimum absolute atomic E-state index is 0.0380. The van der Waals surface area contributed by atoms with E-state index in [4.69, 9.17) is 10.5 Å². The molecule has 0 spiro atoms. The first-order valence-corrected chi connectivity index (χ1v) is 8.44. The fraction of sp³-hybridized carbons (Fsp3) is 0.278. The lowest BCUT2D eigenvalue weighted by Gasteiger charge is -2.24. The first-order chi connectivity index (χ1) is 13.6. The number of fused-ring (bicyclic) bond motifs is 1. The molecule has 0 saturated heterocycles. The quantitative estimate of drug-likeness (QED) is 0.575. The van der Waals surface area contributed by atoms with Crippen LogP contribution in [0, 0.1) is 0 Å². The number of primary amides is 1. The second kappa shape index (κ2) is 7.59. The van der Waals surface area contributed by atoms with Crippen molar-refractivity contribution in [2.24, 2.45) is 5.73 Å². The number of nitrogens with one attached hydrogen (secondary N) is 1. The van der Waals surface area contributed by atoms with Crippen molar-refractivity contribution in [1.29, 1.82) is 0 Å². The molecule has 8 nitrogen and oxygen atoms in total. The summed E-state index contributed by atoms with van der Waals surface area (Å²) in [5.41, 5.74) is 6.96. The molecule has 0 aliphatic carbocycles. The fourth-order valence-corrected chi connectivity index (χ4v) is 2.81. The standard InChI is InChI=1S/C18H18F3N5O3/c1-9(16(27)18(19,20)21)25-15-12(17(22)28)7-24-26-8-11(5-13(15)26)10-3-4-14(29-2)23-6-10/h3-9,16,25,27H,1-2H3,(H2,22,28). The zero-order chi connectivity index (χ0) is 21.3. The predicted molar refractivity (Wildman–Crippen MR) is 98.6 cm³/mol. The Morgan fingerprint density at radius 2 is 2.03 bits per heavy atom. The number of halogens is 3. The number of aliphatic hydroxyl groups is 1. The fourth-order valence-electron chi connectivity index (χ4n) is 2.81. The molecule has 0 aliphatic heterocycles.